The van der Waals surface area contributed by atoms with Crippen LogP contribution in [0.1, 0.15) is 19.8 Å². The lowest BCUT2D eigenvalue weighted by molar-refractivity contribution is 0.347. The molecular formula is C13H21N3O. The monoisotopic (exact) mass is 235 g/mol. The third kappa shape index (κ3) is 3.33. The Morgan fingerprint density at radius 2 is 2.47 bits per heavy atom. The fourth-order valence-corrected chi connectivity index (χ4v) is 2.30. The topological polar surface area (TPSA) is 46.2 Å². The number of rotatable bonds is 4. The molecule has 1 aromatic heterocycles. The summed E-state index contributed by atoms with van der Waals surface area (Å²) in [6, 6.07) is 4.39. The summed E-state index contributed by atoms with van der Waals surface area (Å²) in [5, 5.41) is 6.97. The number of ether oxygens (including phenoxy) is 1. The van der Waals surface area contributed by atoms with Crippen LogP contribution in [0, 0.1) is 5.92 Å². The van der Waals surface area contributed by atoms with E-state index in [4.69, 9.17) is 4.74 Å². The van der Waals surface area contributed by atoms with Gasteiger partial charge < -0.3 is 15.4 Å². The highest BCUT2D eigenvalue weighted by Gasteiger charge is 2.19. The van der Waals surface area contributed by atoms with E-state index in [2.05, 4.69) is 22.5 Å². The lowest BCUT2D eigenvalue weighted by Gasteiger charge is -2.29. The Labute approximate surface area is 103 Å². The van der Waals surface area contributed by atoms with Crippen molar-refractivity contribution in [2.24, 2.45) is 5.92 Å². The van der Waals surface area contributed by atoms with Gasteiger partial charge in [0, 0.05) is 24.0 Å². The van der Waals surface area contributed by atoms with Crippen molar-refractivity contribution in [3.05, 3.63) is 18.3 Å². The standard InChI is InChI=1S/C13H21N3O/c1-10(11-4-3-6-14-9-11)16-12-5-7-15-13(8-12)17-2/h5,7-8,10-11,14H,3-4,6,9H2,1-2H3,(H,15,16). The maximum atomic E-state index is 5.12. The second-order valence-electron chi connectivity index (χ2n) is 4.63. The lowest BCUT2D eigenvalue weighted by atomic mass is 9.93. The predicted molar refractivity (Wildman–Crippen MR) is 69.5 cm³/mol. The van der Waals surface area contributed by atoms with Crippen LogP contribution in [0.5, 0.6) is 5.88 Å². The van der Waals surface area contributed by atoms with Gasteiger partial charge in [-0.15, -0.1) is 0 Å². The predicted octanol–water partition coefficient (Wildman–Crippen LogP) is 1.89. The summed E-state index contributed by atoms with van der Waals surface area (Å²) in [7, 11) is 1.64. The first-order chi connectivity index (χ1) is 8.29. The Kier molecular flexibility index (Phi) is 4.20. The van der Waals surface area contributed by atoms with Crippen LogP contribution >= 0.6 is 0 Å². The van der Waals surface area contributed by atoms with Gasteiger partial charge in [-0.3, -0.25) is 0 Å². The molecule has 2 rings (SSSR count). The molecule has 0 saturated carbocycles. The smallest absolute Gasteiger partial charge is 0.214 e. The number of pyridine rings is 1. The van der Waals surface area contributed by atoms with Crippen molar-refractivity contribution in [2.75, 3.05) is 25.5 Å². The maximum absolute atomic E-state index is 5.12. The van der Waals surface area contributed by atoms with Crippen LogP contribution in [0.4, 0.5) is 5.69 Å². The highest BCUT2D eigenvalue weighted by atomic mass is 16.5. The van der Waals surface area contributed by atoms with Crippen LogP contribution in [0.2, 0.25) is 0 Å². The Balaban J connectivity index is 1.94. The summed E-state index contributed by atoms with van der Waals surface area (Å²) in [6.45, 7) is 4.51. The summed E-state index contributed by atoms with van der Waals surface area (Å²) in [5.74, 6) is 1.35. The van der Waals surface area contributed by atoms with Gasteiger partial charge in [0.1, 0.15) is 0 Å². The molecule has 0 amide bonds. The van der Waals surface area contributed by atoms with E-state index in [-0.39, 0.29) is 0 Å². The average Bonchev–Trinajstić information content (AvgIpc) is 2.40. The normalized spacial score (nSPS) is 21.9. The maximum Gasteiger partial charge on any atom is 0.214 e. The van der Waals surface area contributed by atoms with Crippen molar-refractivity contribution >= 4 is 5.69 Å². The lowest BCUT2D eigenvalue weighted by Crippen LogP contribution is -2.38. The second kappa shape index (κ2) is 5.87. The van der Waals surface area contributed by atoms with Crippen LogP contribution in [0.15, 0.2) is 18.3 Å². The Morgan fingerprint density at radius 1 is 1.59 bits per heavy atom. The molecule has 17 heavy (non-hydrogen) atoms. The molecule has 94 valence electrons. The zero-order valence-electron chi connectivity index (χ0n) is 10.6. The number of aromatic nitrogens is 1. The number of nitrogens with one attached hydrogen (secondary N) is 2. The molecular weight excluding hydrogens is 214 g/mol. The molecule has 0 aliphatic carbocycles. The van der Waals surface area contributed by atoms with Crippen molar-refractivity contribution in [1.82, 2.24) is 10.3 Å². The molecule has 1 aliphatic heterocycles. The Morgan fingerprint density at radius 3 is 3.18 bits per heavy atom. The fraction of sp³-hybridized carbons (Fsp3) is 0.615. The van der Waals surface area contributed by atoms with Crippen molar-refractivity contribution in [3.8, 4) is 5.88 Å². The average molecular weight is 235 g/mol. The quantitative estimate of drug-likeness (QED) is 0.836. The number of methoxy groups -OCH3 is 1. The van der Waals surface area contributed by atoms with Crippen LogP contribution in [-0.4, -0.2) is 31.2 Å². The van der Waals surface area contributed by atoms with E-state index in [9.17, 15) is 0 Å². The number of nitrogens with zero attached hydrogens (tertiary/aromatic N) is 1. The molecule has 1 aromatic rings. The first-order valence-corrected chi connectivity index (χ1v) is 6.27. The largest absolute Gasteiger partial charge is 0.481 e. The Hall–Kier alpha value is -1.29. The van der Waals surface area contributed by atoms with Gasteiger partial charge in [0.25, 0.3) is 0 Å². The highest BCUT2D eigenvalue weighted by Crippen LogP contribution is 2.20. The van der Waals surface area contributed by atoms with Crippen molar-refractivity contribution < 1.29 is 4.74 Å². The first-order valence-electron chi connectivity index (χ1n) is 6.27. The van der Waals surface area contributed by atoms with Crippen LogP contribution in [-0.2, 0) is 0 Å². The molecule has 2 N–H and O–H groups in total. The molecule has 1 saturated heterocycles. The molecule has 0 bridgehead atoms. The van der Waals surface area contributed by atoms with E-state index in [1.54, 1.807) is 13.3 Å². The van der Waals surface area contributed by atoms with Crippen molar-refractivity contribution in [3.63, 3.8) is 0 Å². The second-order valence-corrected chi connectivity index (χ2v) is 4.63. The van der Waals surface area contributed by atoms with Gasteiger partial charge in [0.05, 0.1) is 7.11 Å². The van der Waals surface area contributed by atoms with Crippen LogP contribution in [0.3, 0.4) is 0 Å². The zero-order valence-corrected chi connectivity index (χ0v) is 10.6. The minimum Gasteiger partial charge on any atom is -0.481 e. The SMILES string of the molecule is COc1cc(NC(C)C2CCCNC2)ccn1. The van der Waals surface area contributed by atoms with Crippen molar-refractivity contribution in [1.29, 1.82) is 0 Å². The van der Waals surface area contributed by atoms with E-state index >= 15 is 0 Å². The van der Waals surface area contributed by atoms with Gasteiger partial charge in [0.15, 0.2) is 0 Å². The molecule has 2 atom stereocenters. The molecule has 0 aromatic carbocycles. The minimum absolute atomic E-state index is 0.468. The van der Waals surface area contributed by atoms with E-state index < -0.39 is 0 Å². The van der Waals surface area contributed by atoms with E-state index in [0.29, 0.717) is 17.8 Å². The number of piperidine rings is 1. The molecule has 0 spiro atoms. The minimum atomic E-state index is 0.468. The summed E-state index contributed by atoms with van der Waals surface area (Å²) < 4.78 is 5.12. The molecule has 2 unspecified atom stereocenters. The summed E-state index contributed by atoms with van der Waals surface area (Å²) in [5.41, 5.74) is 1.08. The summed E-state index contributed by atoms with van der Waals surface area (Å²) >= 11 is 0. The van der Waals surface area contributed by atoms with Crippen molar-refractivity contribution in [2.45, 2.75) is 25.8 Å². The van der Waals surface area contributed by atoms with E-state index in [1.165, 1.54) is 12.8 Å². The van der Waals surface area contributed by atoms with Gasteiger partial charge in [-0.05, 0) is 44.8 Å². The van der Waals surface area contributed by atoms with E-state index in [1.807, 2.05) is 12.1 Å². The zero-order chi connectivity index (χ0) is 12.1. The third-order valence-corrected chi connectivity index (χ3v) is 3.38. The molecule has 2 heterocycles. The molecule has 1 aliphatic rings. The number of hydrogen-bond donors (Lipinski definition) is 2. The molecule has 0 radical (unpaired) electrons. The first kappa shape index (κ1) is 12.2. The van der Waals surface area contributed by atoms with Crippen LogP contribution < -0.4 is 15.4 Å². The van der Waals surface area contributed by atoms with Gasteiger partial charge >= 0.3 is 0 Å². The third-order valence-electron chi connectivity index (χ3n) is 3.38. The van der Waals surface area contributed by atoms with Crippen LogP contribution in [0.25, 0.3) is 0 Å². The molecule has 1 fully saturated rings. The van der Waals surface area contributed by atoms with Gasteiger partial charge in [0.2, 0.25) is 5.88 Å². The van der Waals surface area contributed by atoms with Gasteiger partial charge in [-0.25, -0.2) is 4.98 Å². The highest BCUT2D eigenvalue weighted by molar-refractivity contribution is 5.45. The molecule has 4 heteroatoms. The van der Waals surface area contributed by atoms with Gasteiger partial charge in [-0.2, -0.15) is 0 Å². The number of anilines is 1. The summed E-state index contributed by atoms with van der Waals surface area (Å²) in [4.78, 5) is 4.10. The number of hydrogen-bond acceptors (Lipinski definition) is 4. The van der Waals surface area contributed by atoms with E-state index in [0.717, 1.165) is 18.8 Å². The van der Waals surface area contributed by atoms with Gasteiger partial charge in [-0.1, -0.05) is 0 Å². The summed E-state index contributed by atoms with van der Waals surface area (Å²) in [6.07, 6.45) is 4.34. The molecule has 4 nitrogen and oxygen atoms in total. The fourth-order valence-electron chi connectivity index (χ4n) is 2.30. The Bertz CT molecular complexity index is 350.